The standard InChI is InChI=1S/C21H36O8/c1-5-18(22)26-16(3)28-20(24)14-12-10-8-7-9-11-13-15-21(25)29-17(4)27-19(23)6-2/h16-17H,5-15H2,1-4H3. The third-order valence-electron chi connectivity index (χ3n) is 4.03. The van der Waals surface area contributed by atoms with Crippen LogP contribution in [0.3, 0.4) is 0 Å². The Morgan fingerprint density at radius 3 is 1.10 bits per heavy atom. The van der Waals surface area contributed by atoms with Crippen LogP contribution in [0.25, 0.3) is 0 Å². The second-order valence-corrected chi connectivity index (χ2v) is 6.78. The highest BCUT2D eigenvalue weighted by molar-refractivity contribution is 5.71. The summed E-state index contributed by atoms with van der Waals surface area (Å²) in [6, 6.07) is 0. The number of hydrogen-bond donors (Lipinski definition) is 0. The monoisotopic (exact) mass is 416 g/mol. The Bertz CT molecular complexity index is 459. The summed E-state index contributed by atoms with van der Waals surface area (Å²) in [6.45, 7) is 6.41. The van der Waals surface area contributed by atoms with Crippen LogP contribution in [0, 0.1) is 0 Å². The predicted octanol–water partition coefficient (Wildman–Crippen LogP) is 4.18. The largest absolute Gasteiger partial charge is 0.425 e. The zero-order valence-corrected chi connectivity index (χ0v) is 18.2. The van der Waals surface area contributed by atoms with E-state index in [1.165, 1.54) is 13.8 Å². The molecule has 8 nitrogen and oxygen atoms in total. The van der Waals surface area contributed by atoms with Crippen molar-refractivity contribution in [1.29, 1.82) is 0 Å². The lowest BCUT2D eigenvalue weighted by Crippen LogP contribution is -2.21. The van der Waals surface area contributed by atoms with Crippen LogP contribution in [0.5, 0.6) is 0 Å². The first-order chi connectivity index (χ1) is 13.8. The molecule has 0 N–H and O–H groups in total. The number of carbonyl (C=O) groups excluding carboxylic acids is 4. The van der Waals surface area contributed by atoms with Crippen LogP contribution < -0.4 is 0 Å². The Labute approximate surface area is 173 Å². The maximum Gasteiger partial charge on any atom is 0.308 e. The molecule has 0 heterocycles. The van der Waals surface area contributed by atoms with Gasteiger partial charge in [-0.15, -0.1) is 0 Å². The first kappa shape index (κ1) is 26.9. The summed E-state index contributed by atoms with van der Waals surface area (Å²) < 4.78 is 19.8. The molecule has 168 valence electrons. The Morgan fingerprint density at radius 1 is 0.517 bits per heavy atom. The molecule has 0 saturated carbocycles. The zero-order valence-electron chi connectivity index (χ0n) is 18.2. The topological polar surface area (TPSA) is 105 Å². The minimum Gasteiger partial charge on any atom is -0.425 e. The van der Waals surface area contributed by atoms with E-state index >= 15 is 0 Å². The molecular formula is C21H36O8. The smallest absolute Gasteiger partial charge is 0.308 e. The first-order valence-corrected chi connectivity index (χ1v) is 10.6. The van der Waals surface area contributed by atoms with Crippen molar-refractivity contribution < 1.29 is 38.1 Å². The zero-order chi connectivity index (χ0) is 22.1. The molecule has 0 aromatic carbocycles. The van der Waals surface area contributed by atoms with Crippen molar-refractivity contribution in [3.05, 3.63) is 0 Å². The fraction of sp³-hybridized carbons (Fsp3) is 0.810. The van der Waals surface area contributed by atoms with Gasteiger partial charge in [0.05, 0.1) is 0 Å². The summed E-state index contributed by atoms with van der Waals surface area (Å²) in [5.74, 6) is -1.52. The SMILES string of the molecule is CCC(=O)OC(C)OC(=O)CCCCCCCCCC(=O)OC(C)OC(=O)CC. The van der Waals surface area contributed by atoms with E-state index in [9.17, 15) is 19.2 Å². The Kier molecular flexibility index (Phi) is 15.6. The second kappa shape index (κ2) is 16.8. The molecule has 0 fully saturated rings. The van der Waals surface area contributed by atoms with Gasteiger partial charge in [0, 0.05) is 39.5 Å². The van der Waals surface area contributed by atoms with E-state index in [-0.39, 0.29) is 24.8 Å². The maximum atomic E-state index is 11.6. The molecule has 0 aromatic heterocycles. The average Bonchev–Trinajstić information content (AvgIpc) is 2.65. The molecule has 2 unspecified atom stereocenters. The highest BCUT2D eigenvalue weighted by Gasteiger charge is 2.13. The molecule has 0 bridgehead atoms. The van der Waals surface area contributed by atoms with E-state index in [1.54, 1.807) is 13.8 Å². The van der Waals surface area contributed by atoms with Gasteiger partial charge in [-0.3, -0.25) is 19.2 Å². The van der Waals surface area contributed by atoms with Gasteiger partial charge in [-0.05, 0) is 12.8 Å². The van der Waals surface area contributed by atoms with Gasteiger partial charge in [-0.2, -0.15) is 0 Å². The quantitative estimate of drug-likeness (QED) is 0.210. The van der Waals surface area contributed by atoms with Gasteiger partial charge in [-0.1, -0.05) is 46.0 Å². The molecule has 2 atom stereocenters. The fourth-order valence-electron chi connectivity index (χ4n) is 2.50. The molecule has 0 aliphatic rings. The number of unbranched alkanes of at least 4 members (excludes halogenated alkanes) is 6. The molecular weight excluding hydrogens is 380 g/mol. The van der Waals surface area contributed by atoms with Gasteiger partial charge in [-0.25, -0.2) is 0 Å². The maximum absolute atomic E-state index is 11.6. The van der Waals surface area contributed by atoms with Crippen LogP contribution in [0.4, 0.5) is 0 Å². The van der Waals surface area contributed by atoms with Crippen molar-refractivity contribution in [1.82, 2.24) is 0 Å². The predicted molar refractivity (Wildman–Crippen MR) is 105 cm³/mol. The van der Waals surface area contributed by atoms with E-state index in [4.69, 9.17) is 18.9 Å². The number of rotatable bonds is 16. The summed E-state index contributed by atoms with van der Waals surface area (Å²) in [7, 11) is 0. The lowest BCUT2D eigenvalue weighted by Gasteiger charge is -2.13. The van der Waals surface area contributed by atoms with E-state index in [0.717, 1.165) is 44.9 Å². The minimum atomic E-state index is -0.844. The number of hydrogen-bond acceptors (Lipinski definition) is 8. The highest BCUT2D eigenvalue weighted by Crippen LogP contribution is 2.11. The summed E-state index contributed by atoms with van der Waals surface area (Å²) in [6.07, 6.45) is 5.74. The number of ether oxygens (including phenoxy) is 4. The van der Waals surface area contributed by atoms with Crippen molar-refractivity contribution in [3.63, 3.8) is 0 Å². The van der Waals surface area contributed by atoms with Gasteiger partial charge < -0.3 is 18.9 Å². The molecule has 0 aromatic rings. The Hall–Kier alpha value is -2.12. The van der Waals surface area contributed by atoms with Gasteiger partial charge in [0.25, 0.3) is 0 Å². The fourth-order valence-corrected chi connectivity index (χ4v) is 2.50. The molecule has 0 amide bonds. The summed E-state index contributed by atoms with van der Waals surface area (Å²) in [5.41, 5.74) is 0. The van der Waals surface area contributed by atoms with Gasteiger partial charge in [0.1, 0.15) is 0 Å². The van der Waals surface area contributed by atoms with Crippen molar-refractivity contribution >= 4 is 23.9 Å². The number of carbonyl (C=O) groups is 4. The number of esters is 4. The molecule has 0 saturated heterocycles. The van der Waals surface area contributed by atoms with E-state index in [1.807, 2.05) is 0 Å². The van der Waals surface area contributed by atoms with E-state index < -0.39 is 24.5 Å². The van der Waals surface area contributed by atoms with Crippen LogP contribution in [-0.2, 0) is 38.1 Å². The van der Waals surface area contributed by atoms with Crippen LogP contribution in [0.1, 0.15) is 98.3 Å². The van der Waals surface area contributed by atoms with Gasteiger partial charge in [0.2, 0.25) is 12.6 Å². The van der Waals surface area contributed by atoms with E-state index in [0.29, 0.717) is 12.8 Å². The average molecular weight is 417 g/mol. The highest BCUT2D eigenvalue weighted by atomic mass is 16.7. The lowest BCUT2D eigenvalue weighted by molar-refractivity contribution is -0.186. The molecule has 0 radical (unpaired) electrons. The first-order valence-electron chi connectivity index (χ1n) is 10.6. The third-order valence-corrected chi connectivity index (χ3v) is 4.03. The molecule has 0 rings (SSSR count). The Balaban J connectivity index is 3.55. The van der Waals surface area contributed by atoms with Crippen molar-refractivity contribution in [2.24, 2.45) is 0 Å². The van der Waals surface area contributed by atoms with Gasteiger partial charge in [0.15, 0.2) is 0 Å². The lowest BCUT2D eigenvalue weighted by atomic mass is 10.1. The second-order valence-electron chi connectivity index (χ2n) is 6.78. The summed E-state index contributed by atoms with van der Waals surface area (Å²) in [5, 5.41) is 0. The van der Waals surface area contributed by atoms with Crippen LogP contribution >= 0.6 is 0 Å². The third kappa shape index (κ3) is 16.5. The summed E-state index contributed by atoms with van der Waals surface area (Å²) in [4.78, 5) is 45.4. The minimum absolute atomic E-state index is 0.247. The van der Waals surface area contributed by atoms with Gasteiger partial charge >= 0.3 is 23.9 Å². The Morgan fingerprint density at radius 2 is 0.793 bits per heavy atom. The molecule has 0 aliphatic heterocycles. The van der Waals surface area contributed by atoms with Crippen LogP contribution in [0.15, 0.2) is 0 Å². The normalized spacial score (nSPS) is 12.6. The van der Waals surface area contributed by atoms with Crippen LogP contribution in [-0.4, -0.2) is 36.5 Å². The van der Waals surface area contributed by atoms with Crippen molar-refractivity contribution in [2.75, 3.05) is 0 Å². The van der Waals surface area contributed by atoms with Crippen molar-refractivity contribution in [2.45, 2.75) is 111 Å². The molecule has 8 heteroatoms. The van der Waals surface area contributed by atoms with E-state index in [2.05, 4.69) is 0 Å². The molecule has 0 spiro atoms. The van der Waals surface area contributed by atoms with Crippen LogP contribution in [0.2, 0.25) is 0 Å². The summed E-state index contributed by atoms with van der Waals surface area (Å²) >= 11 is 0. The molecule has 0 aliphatic carbocycles. The van der Waals surface area contributed by atoms with Crippen molar-refractivity contribution in [3.8, 4) is 0 Å². The molecule has 29 heavy (non-hydrogen) atoms.